The van der Waals surface area contributed by atoms with Crippen LogP contribution in [0.1, 0.15) is 43.7 Å². The van der Waals surface area contributed by atoms with Gasteiger partial charge in [0.05, 0.1) is 5.75 Å². The third-order valence-corrected chi connectivity index (χ3v) is 7.83. The van der Waals surface area contributed by atoms with Crippen LogP contribution in [-0.4, -0.2) is 26.4 Å². The van der Waals surface area contributed by atoms with Crippen LogP contribution in [0.15, 0.2) is 78.0 Å². The van der Waals surface area contributed by atoms with E-state index < -0.39 is 0 Å². The van der Waals surface area contributed by atoms with Crippen molar-refractivity contribution in [3.05, 3.63) is 83.4 Å². The molecule has 1 saturated carbocycles. The normalized spacial score (nSPS) is 14.1. The molecule has 0 bridgehead atoms. The zero-order valence-corrected chi connectivity index (χ0v) is 21.9. The number of aromatic nitrogens is 3. The Morgan fingerprint density at radius 2 is 1.64 bits per heavy atom. The van der Waals surface area contributed by atoms with E-state index in [2.05, 4.69) is 68.6 Å². The maximum atomic E-state index is 12.7. The molecular weight excluding hydrogens is 488 g/mol. The maximum Gasteiger partial charge on any atom is 0.234 e. The smallest absolute Gasteiger partial charge is 0.234 e. The molecule has 1 N–H and O–H groups in total. The Bertz CT molecular complexity index is 1330. The summed E-state index contributed by atoms with van der Waals surface area (Å²) in [6.07, 6.45) is 5.89. The highest BCUT2D eigenvalue weighted by Gasteiger charge is 2.24. The molecule has 0 radical (unpaired) electrons. The van der Waals surface area contributed by atoms with Gasteiger partial charge < -0.3 is 5.32 Å². The van der Waals surface area contributed by atoms with E-state index in [-0.39, 0.29) is 11.7 Å². The number of rotatable bonds is 7. The number of hydrogen-bond donors (Lipinski definition) is 1. The molecule has 1 aliphatic carbocycles. The first-order valence-electron chi connectivity index (χ1n) is 12.4. The van der Waals surface area contributed by atoms with Gasteiger partial charge in [0.2, 0.25) is 5.91 Å². The van der Waals surface area contributed by atoms with Crippen LogP contribution in [0.2, 0.25) is 5.02 Å². The third kappa shape index (κ3) is 5.66. The third-order valence-electron chi connectivity index (χ3n) is 6.65. The van der Waals surface area contributed by atoms with E-state index in [0.717, 1.165) is 40.6 Å². The van der Waals surface area contributed by atoms with Gasteiger partial charge in [-0.2, -0.15) is 0 Å². The van der Waals surface area contributed by atoms with E-state index in [4.69, 9.17) is 11.6 Å². The van der Waals surface area contributed by atoms with Gasteiger partial charge in [0, 0.05) is 22.3 Å². The number of benzene rings is 3. The molecule has 0 spiro atoms. The van der Waals surface area contributed by atoms with E-state index in [0.29, 0.717) is 11.1 Å². The Morgan fingerprint density at radius 3 is 2.36 bits per heavy atom. The summed E-state index contributed by atoms with van der Waals surface area (Å²) in [5.41, 5.74) is 5.12. The molecule has 36 heavy (non-hydrogen) atoms. The molecular formula is C29H29ClN4OS. The van der Waals surface area contributed by atoms with E-state index in [1.54, 1.807) is 6.07 Å². The highest BCUT2D eigenvalue weighted by atomic mass is 35.5. The van der Waals surface area contributed by atoms with Crippen LogP contribution in [0, 0.1) is 6.92 Å². The lowest BCUT2D eigenvalue weighted by Crippen LogP contribution is -2.17. The Morgan fingerprint density at radius 1 is 0.944 bits per heavy atom. The standard InChI is InChI=1S/C29H29ClN4OS/c1-20-18-24(30)16-17-26(20)31-27(35)19-36-29-33-32-28(34(29)25-10-6-3-7-11-25)23-14-12-22(13-15-23)21-8-4-2-5-9-21/h2,4-5,8-9,12-18,25H,3,6-7,10-11,19H2,1H3,(H,31,35). The molecule has 1 aromatic heterocycles. The SMILES string of the molecule is Cc1cc(Cl)ccc1NC(=O)CSc1nnc(-c2ccc(-c3ccccc3)cc2)n1C1CCCCC1. The minimum Gasteiger partial charge on any atom is -0.325 e. The lowest BCUT2D eigenvalue weighted by Gasteiger charge is -2.25. The number of anilines is 1. The zero-order valence-electron chi connectivity index (χ0n) is 20.3. The van der Waals surface area contributed by atoms with Gasteiger partial charge in [-0.05, 0) is 54.7 Å². The molecule has 0 unspecified atom stereocenters. The maximum absolute atomic E-state index is 12.7. The van der Waals surface area contributed by atoms with E-state index in [1.165, 1.54) is 42.2 Å². The number of aryl methyl sites for hydroxylation is 1. The van der Waals surface area contributed by atoms with Crippen LogP contribution in [0.5, 0.6) is 0 Å². The number of hydrogen-bond acceptors (Lipinski definition) is 4. The second kappa shape index (κ2) is 11.3. The summed E-state index contributed by atoms with van der Waals surface area (Å²) in [5, 5.41) is 13.6. The first-order valence-corrected chi connectivity index (χ1v) is 13.7. The number of nitrogens with zero attached hydrogens (tertiary/aromatic N) is 3. The number of carbonyl (C=O) groups excluding carboxylic acids is 1. The first-order chi connectivity index (χ1) is 17.6. The van der Waals surface area contributed by atoms with Crippen LogP contribution < -0.4 is 5.32 Å². The fraction of sp³-hybridized carbons (Fsp3) is 0.276. The van der Waals surface area contributed by atoms with Crippen molar-refractivity contribution in [2.45, 2.75) is 50.2 Å². The molecule has 0 atom stereocenters. The summed E-state index contributed by atoms with van der Waals surface area (Å²) >= 11 is 7.49. The number of halogens is 1. The molecule has 4 aromatic rings. The highest BCUT2D eigenvalue weighted by molar-refractivity contribution is 7.99. The molecule has 1 amide bonds. The fourth-order valence-corrected chi connectivity index (χ4v) is 5.80. The van der Waals surface area contributed by atoms with E-state index >= 15 is 0 Å². The molecule has 0 aliphatic heterocycles. The zero-order chi connectivity index (χ0) is 24.9. The molecule has 5 rings (SSSR count). The summed E-state index contributed by atoms with van der Waals surface area (Å²) in [6.45, 7) is 1.93. The summed E-state index contributed by atoms with van der Waals surface area (Å²) in [4.78, 5) is 12.7. The number of thioether (sulfide) groups is 1. The lowest BCUT2D eigenvalue weighted by atomic mass is 9.95. The van der Waals surface area contributed by atoms with Gasteiger partial charge in [-0.3, -0.25) is 9.36 Å². The van der Waals surface area contributed by atoms with Crippen LogP contribution in [0.3, 0.4) is 0 Å². The topological polar surface area (TPSA) is 59.8 Å². The fourth-order valence-electron chi connectivity index (χ4n) is 4.77. The van der Waals surface area contributed by atoms with Crippen molar-refractivity contribution in [3.63, 3.8) is 0 Å². The largest absolute Gasteiger partial charge is 0.325 e. The summed E-state index contributed by atoms with van der Waals surface area (Å²) in [7, 11) is 0. The van der Waals surface area contributed by atoms with Crippen molar-refractivity contribution in [1.82, 2.24) is 14.8 Å². The van der Waals surface area contributed by atoms with Gasteiger partial charge in [0.1, 0.15) is 0 Å². The van der Waals surface area contributed by atoms with Crippen molar-refractivity contribution in [2.75, 3.05) is 11.1 Å². The molecule has 7 heteroatoms. The van der Waals surface area contributed by atoms with Gasteiger partial charge in [-0.25, -0.2) is 0 Å². The van der Waals surface area contributed by atoms with E-state index in [9.17, 15) is 4.79 Å². The molecule has 3 aromatic carbocycles. The van der Waals surface area contributed by atoms with Crippen LogP contribution in [-0.2, 0) is 4.79 Å². The predicted molar refractivity (Wildman–Crippen MR) is 149 cm³/mol. The van der Waals surface area contributed by atoms with Crippen molar-refractivity contribution in [1.29, 1.82) is 0 Å². The highest BCUT2D eigenvalue weighted by Crippen LogP contribution is 2.36. The molecule has 1 heterocycles. The predicted octanol–water partition coefficient (Wildman–Crippen LogP) is 7.81. The Labute approximate surface area is 221 Å². The van der Waals surface area contributed by atoms with Crippen LogP contribution in [0.4, 0.5) is 5.69 Å². The average molecular weight is 517 g/mol. The van der Waals surface area contributed by atoms with Gasteiger partial charge in [0.25, 0.3) is 0 Å². The number of amides is 1. The first kappa shape index (κ1) is 24.6. The van der Waals surface area contributed by atoms with E-state index in [1.807, 2.05) is 25.1 Å². The minimum absolute atomic E-state index is 0.0719. The van der Waals surface area contributed by atoms with Gasteiger partial charge in [-0.1, -0.05) is 97.2 Å². The van der Waals surface area contributed by atoms with Gasteiger partial charge in [0.15, 0.2) is 11.0 Å². The molecule has 0 saturated heterocycles. The van der Waals surface area contributed by atoms with Gasteiger partial charge >= 0.3 is 0 Å². The summed E-state index contributed by atoms with van der Waals surface area (Å²) in [6, 6.07) is 24.7. The Kier molecular flexibility index (Phi) is 7.73. The molecule has 1 fully saturated rings. The Hall–Kier alpha value is -3.09. The molecule has 184 valence electrons. The van der Waals surface area contributed by atoms with Gasteiger partial charge in [-0.15, -0.1) is 10.2 Å². The van der Waals surface area contributed by atoms with Crippen molar-refractivity contribution in [2.24, 2.45) is 0 Å². The summed E-state index contributed by atoms with van der Waals surface area (Å²) < 4.78 is 2.27. The number of carbonyl (C=O) groups is 1. The second-order valence-electron chi connectivity index (χ2n) is 9.21. The van der Waals surface area contributed by atoms with Crippen molar-refractivity contribution in [3.8, 4) is 22.5 Å². The lowest BCUT2D eigenvalue weighted by molar-refractivity contribution is -0.113. The second-order valence-corrected chi connectivity index (χ2v) is 10.6. The minimum atomic E-state index is -0.0719. The molecule has 5 nitrogen and oxygen atoms in total. The average Bonchev–Trinajstić information content (AvgIpc) is 3.34. The van der Waals surface area contributed by atoms with Crippen LogP contribution >= 0.6 is 23.4 Å². The number of nitrogens with one attached hydrogen (secondary N) is 1. The van der Waals surface area contributed by atoms with Crippen molar-refractivity contribution >= 4 is 35.0 Å². The quantitative estimate of drug-likeness (QED) is 0.254. The van der Waals surface area contributed by atoms with Crippen LogP contribution in [0.25, 0.3) is 22.5 Å². The van der Waals surface area contributed by atoms with Crippen molar-refractivity contribution < 1.29 is 4.79 Å². The molecule has 1 aliphatic rings. The Balaban J connectivity index is 1.36. The summed E-state index contributed by atoms with van der Waals surface area (Å²) in [5.74, 6) is 1.07. The monoisotopic (exact) mass is 516 g/mol.